The van der Waals surface area contributed by atoms with Crippen molar-refractivity contribution in [3.05, 3.63) is 44.5 Å². The molecule has 1 aromatic rings. The van der Waals surface area contributed by atoms with Gasteiger partial charge in [0.2, 0.25) is 0 Å². The molecule has 0 unspecified atom stereocenters. The molecule has 0 spiro atoms. The third kappa shape index (κ3) is 3.28. The minimum Gasteiger partial charge on any atom is -0.366 e. The molecular weight excluding hydrogens is 364 g/mol. The number of thioether (sulfide) groups is 1. The van der Waals surface area contributed by atoms with E-state index in [0.717, 1.165) is 45.2 Å². The van der Waals surface area contributed by atoms with Crippen molar-refractivity contribution in [2.45, 2.75) is 37.4 Å². The number of rotatable bonds is 4. The number of hydrogen-bond donors (Lipinski definition) is 1. The van der Waals surface area contributed by atoms with Crippen molar-refractivity contribution < 1.29 is 9.72 Å². The molecule has 1 aliphatic carbocycles. The minimum absolute atomic E-state index is 0.0463. The molecule has 7 nitrogen and oxygen atoms in total. The molecule has 27 heavy (non-hydrogen) atoms. The Labute approximate surface area is 161 Å². The average molecular weight is 384 g/mol. The van der Waals surface area contributed by atoms with E-state index >= 15 is 0 Å². The van der Waals surface area contributed by atoms with E-state index in [1.54, 1.807) is 23.9 Å². The molecule has 1 amide bonds. The van der Waals surface area contributed by atoms with E-state index in [1.165, 1.54) is 6.07 Å². The monoisotopic (exact) mass is 384 g/mol. The first kappa shape index (κ1) is 17.9. The summed E-state index contributed by atoms with van der Waals surface area (Å²) >= 11 is 1.55. The maximum absolute atomic E-state index is 12.7. The zero-order valence-electron chi connectivity index (χ0n) is 14.8. The summed E-state index contributed by atoms with van der Waals surface area (Å²) in [7, 11) is 0. The first-order valence-corrected chi connectivity index (χ1v) is 10.1. The number of carbonyl (C=O) groups excluding carboxylic acids is 1. The number of nitro groups is 1. The van der Waals surface area contributed by atoms with E-state index in [-0.39, 0.29) is 17.2 Å². The summed E-state index contributed by atoms with van der Waals surface area (Å²) < 4.78 is 0. The van der Waals surface area contributed by atoms with Crippen molar-refractivity contribution in [2.75, 3.05) is 18.0 Å². The highest BCUT2D eigenvalue weighted by Crippen LogP contribution is 2.49. The second kappa shape index (κ2) is 7.24. The van der Waals surface area contributed by atoms with Crippen molar-refractivity contribution >= 4 is 29.0 Å². The molecule has 0 radical (unpaired) electrons. The number of amides is 1. The molecule has 140 valence electrons. The number of hydrogen-bond acceptors (Lipinski definition) is 6. The van der Waals surface area contributed by atoms with Crippen molar-refractivity contribution in [3.8, 4) is 6.07 Å². The van der Waals surface area contributed by atoms with Crippen LogP contribution in [0, 0.1) is 27.4 Å². The Morgan fingerprint density at radius 3 is 2.78 bits per heavy atom. The number of nitro benzene ring substituents is 1. The number of anilines is 1. The third-order valence-electron chi connectivity index (χ3n) is 5.57. The summed E-state index contributed by atoms with van der Waals surface area (Å²) in [4.78, 5) is 25.8. The molecule has 2 heterocycles. The highest BCUT2D eigenvalue weighted by molar-refractivity contribution is 8.04. The Hall–Kier alpha value is -2.53. The van der Waals surface area contributed by atoms with E-state index in [9.17, 15) is 20.2 Å². The fourth-order valence-corrected chi connectivity index (χ4v) is 5.72. The van der Waals surface area contributed by atoms with Crippen LogP contribution in [0.3, 0.4) is 0 Å². The molecule has 0 aromatic heterocycles. The van der Waals surface area contributed by atoms with Crippen LogP contribution in [0.15, 0.2) is 28.8 Å². The van der Waals surface area contributed by atoms with E-state index in [4.69, 9.17) is 0 Å². The van der Waals surface area contributed by atoms with Gasteiger partial charge in [-0.25, -0.2) is 0 Å². The predicted molar refractivity (Wildman–Crippen MR) is 103 cm³/mol. The maximum atomic E-state index is 12.7. The number of nitrogens with one attached hydrogen (secondary N) is 1. The van der Waals surface area contributed by atoms with Crippen LogP contribution in [0.4, 0.5) is 11.4 Å². The molecular formula is C19H20N4O3S. The predicted octanol–water partition coefficient (Wildman–Crippen LogP) is 3.58. The standard InChI is InChI=1S/C19H20N4O3S/c20-11-14-13-4-3-5-17(13)27-19(14)21-18(24)12-6-7-15(16(10-12)23(25)26)22-8-1-2-9-22/h6-7,10,13,17H,1-5,8-9H2,(H,21,24)/t13-,17-/m0/s1. The van der Waals surface area contributed by atoms with E-state index in [1.807, 2.05) is 4.90 Å². The van der Waals surface area contributed by atoms with Crippen molar-refractivity contribution in [1.82, 2.24) is 5.32 Å². The van der Waals surface area contributed by atoms with Gasteiger partial charge in [-0.1, -0.05) is 6.42 Å². The number of nitriles is 1. The molecule has 3 aliphatic rings. The maximum Gasteiger partial charge on any atom is 0.293 e. The van der Waals surface area contributed by atoms with Crippen molar-refractivity contribution in [3.63, 3.8) is 0 Å². The Kier molecular flexibility index (Phi) is 4.79. The van der Waals surface area contributed by atoms with Crippen LogP contribution in [0.2, 0.25) is 0 Å². The van der Waals surface area contributed by atoms with Gasteiger partial charge in [0, 0.05) is 35.9 Å². The first-order chi connectivity index (χ1) is 13.1. The second-order valence-electron chi connectivity index (χ2n) is 7.16. The zero-order chi connectivity index (χ0) is 19.0. The van der Waals surface area contributed by atoms with Gasteiger partial charge >= 0.3 is 0 Å². The van der Waals surface area contributed by atoms with Gasteiger partial charge in [-0.3, -0.25) is 14.9 Å². The van der Waals surface area contributed by atoms with Crippen LogP contribution in [0.25, 0.3) is 0 Å². The molecule has 8 heteroatoms. The van der Waals surface area contributed by atoms with Crippen molar-refractivity contribution in [1.29, 1.82) is 5.26 Å². The van der Waals surface area contributed by atoms with Crippen LogP contribution >= 0.6 is 11.8 Å². The fraction of sp³-hybridized carbons (Fsp3) is 0.474. The van der Waals surface area contributed by atoms with Gasteiger partial charge in [-0.2, -0.15) is 5.26 Å². The molecule has 1 aromatic carbocycles. The van der Waals surface area contributed by atoms with Crippen LogP contribution in [0.1, 0.15) is 42.5 Å². The van der Waals surface area contributed by atoms with Crippen LogP contribution in [0.5, 0.6) is 0 Å². The quantitative estimate of drug-likeness (QED) is 0.629. The van der Waals surface area contributed by atoms with Gasteiger partial charge in [-0.05, 0) is 37.8 Å². The third-order valence-corrected chi connectivity index (χ3v) is 6.99. The van der Waals surface area contributed by atoms with E-state index in [2.05, 4.69) is 11.4 Å². The smallest absolute Gasteiger partial charge is 0.293 e. The zero-order valence-corrected chi connectivity index (χ0v) is 15.6. The van der Waals surface area contributed by atoms with Gasteiger partial charge in [-0.15, -0.1) is 11.8 Å². The Bertz CT molecular complexity index is 870. The van der Waals surface area contributed by atoms with Gasteiger partial charge in [0.05, 0.1) is 21.6 Å². The molecule has 2 aliphatic heterocycles. The summed E-state index contributed by atoms with van der Waals surface area (Å²) in [5.74, 6) is -0.177. The summed E-state index contributed by atoms with van der Waals surface area (Å²) in [6.45, 7) is 1.59. The van der Waals surface area contributed by atoms with Crippen LogP contribution < -0.4 is 10.2 Å². The molecule has 2 atom stereocenters. The van der Waals surface area contributed by atoms with Crippen molar-refractivity contribution in [2.24, 2.45) is 5.92 Å². The lowest BCUT2D eigenvalue weighted by Crippen LogP contribution is -2.23. The lowest BCUT2D eigenvalue weighted by molar-refractivity contribution is -0.384. The Morgan fingerprint density at radius 2 is 2.07 bits per heavy atom. The Morgan fingerprint density at radius 1 is 1.30 bits per heavy atom. The lowest BCUT2D eigenvalue weighted by Gasteiger charge is -2.18. The number of allylic oxidation sites excluding steroid dienone is 1. The topological polar surface area (TPSA) is 99.3 Å². The molecule has 1 saturated heterocycles. The van der Waals surface area contributed by atoms with Crippen LogP contribution in [-0.2, 0) is 0 Å². The fourth-order valence-electron chi connectivity index (χ4n) is 4.22. The summed E-state index contributed by atoms with van der Waals surface area (Å²) in [5.41, 5.74) is 1.41. The molecule has 1 saturated carbocycles. The molecule has 4 rings (SSSR count). The lowest BCUT2D eigenvalue weighted by atomic mass is 9.99. The van der Waals surface area contributed by atoms with Gasteiger partial charge in [0.25, 0.3) is 11.6 Å². The van der Waals surface area contributed by atoms with Crippen LogP contribution in [-0.4, -0.2) is 29.2 Å². The van der Waals surface area contributed by atoms with Gasteiger partial charge in [0.15, 0.2) is 0 Å². The highest BCUT2D eigenvalue weighted by Gasteiger charge is 2.39. The number of carbonyl (C=O) groups is 1. The summed E-state index contributed by atoms with van der Waals surface area (Å²) in [6.07, 6.45) is 5.18. The van der Waals surface area contributed by atoms with E-state index < -0.39 is 10.8 Å². The Balaban J connectivity index is 1.58. The minimum atomic E-state index is -0.431. The highest BCUT2D eigenvalue weighted by atomic mass is 32.2. The SMILES string of the molecule is N#CC1=C(NC(=O)c2ccc(N3CCCC3)c([N+](=O)[O-])c2)S[C@H]2CCC[C@@H]12. The summed E-state index contributed by atoms with van der Waals surface area (Å²) in [6, 6.07) is 6.88. The second-order valence-corrected chi connectivity index (χ2v) is 8.41. The largest absolute Gasteiger partial charge is 0.366 e. The molecule has 2 fully saturated rings. The van der Waals surface area contributed by atoms with E-state index in [0.29, 0.717) is 21.5 Å². The van der Waals surface area contributed by atoms with Gasteiger partial charge < -0.3 is 10.2 Å². The summed E-state index contributed by atoms with van der Waals surface area (Å²) in [5, 5.41) is 24.8. The molecule has 1 N–H and O–H groups in total. The molecule has 0 bridgehead atoms. The van der Waals surface area contributed by atoms with Gasteiger partial charge in [0.1, 0.15) is 5.69 Å². The normalized spacial score (nSPS) is 24.0. The number of fused-ring (bicyclic) bond motifs is 1. The first-order valence-electron chi connectivity index (χ1n) is 9.24. The number of benzene rings is 1. The number of nitrogens with zero attached hydrogens (tertiary/aromatic N) is 3. The average Bonchev–Trinajstić information content (AvgIpc) is 3.38.